The Morgan fingerprint density at radius 3 is 2.65 bits per heavy atom. The molecule has 2 heterocycles. The van der Waals surface area contributed by atoms with Crippen molar-refractivity contribution in [1.29, 1.82) is 0 Å². The number of nitrogens with one attached hydrogen (secondary N) is 2. The van der Waals surface area contributed by atoms with Crippen molar-refractivity contribution in [2.75, 3.05) is 6.54 Å². The second-order valence-electron chi connectivity index (χ2n) is 7.96. The first-order chi connectivity index (χ1) is 17.6. The summed E-state index contributed by atoms with van der Waals surface area (Å²) < 4.78 is 35.7. The van der Waals surface area contributed by atoms with Gasteiger partial charge in [0.1, 0.15) is 28.1 Å². The van der Waals surface area contributed by atoms with Gasteiger partial charge in [0, 0.05) is 13.0 Å². The van der Waals surface area contributed by atoms with Crippen LogP contribution in [-0.4, -0.2) is 64.5 Å². The van der Waals surface area contributed by atoms with E-state index in [1.807, 2.05) is 0 Å². The van der Waals surface area contributed by atoms with Crippen LogP contribution >= 0.6 is 11.7 Å². The van der Waals surface area contributed by atoms with Gasteiger partial charge in [0.25, 0.3) is 0 Å². The molecule has 2 atom stereocenters. The quantitative estimate of drug-likeness (QED) is 0.169. The second kappa shape index (κ2) is 10.9. The summed E-state index contributed by atoms with van der Waals surface area (Å²) in [4.78, 5) is 33.2. The van der Waals surface area contributed by atoms with E-state index in [0.717, 1.165) is 17.3 Å². The van der Waals surface area contributed by atoms with E-state index in [-0.39, 0.29) is 22.8 Å². The topological polar surface area (TPSA) is 224 Å². The van der Waals surface area contributed by atoms with Gasteiger partial charge in [0.15, 0.2) is 5.96 Å². The predicted octanol–water partition coefficient (Wildman–Crippen LogP) is 0.0272. The number of carbonyl (C=O) groups is 2. The number of carboxylic acid groups (broad SMARTS) is 1. The summed E-state index contributed by atoms with van der Waals surface area (Å²) >= 11 is 0.838. The molecule has 16 heteroatoms. The van der Waals surface area contributed by atoms with Crippen molar-refractivity contribution in [2.24, 2.45) is 21.6 Å². The van der Waals surface area contributed by atoms with Crippen LogP contribution in [0.4, 0.5) is 5.69 Å². The zero-order valence-electron chi connectivity index (χ0n) is 19.1. The van der Waals surface area contributed by atoms with Gasteiger partial charge in [-0.15, -0.1) is 0 Å². The van der Waals surface area contributed by atoms with E-state index in [4.69, 9.17) is 16.3 Å². The van der Waals surface area contributed by atoms with Crippen LogP contribution in [0, 0.1) is 0 Å². The van der Waals surface area contributed by atoms with Crippen molar-refractivity contribution in [2.45, 2.75) is 29.9 Å². The molecular weight excluding hydrogens is 524 g/mol. The summed E-state index contributed by atoms with van der Waals surface area (Å²) in [6, 6.07) is 9.69. The van der Waals surface area contributed by atoms with Crippen LogP contribution in [-0.2, 0) is 24.4 Å². The maximum Gasteiger partial charge on any atom is 0.323 e. The van der Waals surface area contributed by atoms with Gasteiger partial charge in [-0.2, -0.15) is 13.5 Å². The second-order valence-corrected chi connectivity index (χ2v) is 10.2. The highest BCUT2D eigenvalue weighted by molar-refractivity contribution is 7.89. The summed E-state index contributed by atoms with van der Waals surface area (Å²) in [7, 11) is -4.26. The Morgan fingerprint density at radius 1 is 1.19 bits per heavy atom. The molecule has 1 aliphatic rings. The molecule has 2 aromatic carbocycles. The number of sulfonamides is 1. The minimum Gasteiger partial charge on any atom is -0.480 e. The number of aromatic nitrogens is 2. The van der Waals surface area contributed by atoms with Crippen LogP contribution in [0.2, 0.25) is 0 Å². The van der Waals surface area contributed by atoms with Crippen LogP contribution in [0.25, 0.3) is 11.0 Å². The molecule has 0 saturated heterocycles. The highest BCUT2D eigenvalue weighted by Gasteiger charge is 2.29. The first-order valence-electron chi connectivity index (χ1n) is 10.8. The molecule has 194 valence electrons. The molecule has 0 unspecified atom stereocenters. The Labute approximate surface area is 214 Å². The van der Waals surface area contributed by atoms with Gasteiger partial charge in [-0.3, -0.25) is 9.59 Å². The van der Waals surface area contributed by atoms with Gasteiger partial charge in [0.2, 0.25) is 15.9 Å². The SMILES string of the molecule is NC(N)=Nc1ccc(C2=NO[C@H](CC(=O)NC[C@H](NS(=O)(=O)c3cccc4nsnc34)C(=O)O)C2)cc1. The fraction of sp³-hybridized carbons (Fsp3) is 0.238. The first kappa shape index (κ1) is 25.9. The van der Waals surface area contributed by atoms with E-state index in [1.54, 1.807) is 30.3 Å². The molecule has 3 aromatic rings. The number of aliphatic carboxylic acids is 1. The number of benzene rings is 2. The van der Waals surface area contributed by atoms with Crippen molar-refractivity contribution in [3.05, 3.63) is 48.0 Å². The molecule has 1 aromatic heterocycles. The zero-order valence-corrected chi connectivity index (χ0v) is 20.7. The van der Waals surface area contributed by atoms with Crippen molar-refractivity contribution in [1.82, 2.24) is 18.8 Å². The summed E-state index contributed by atoms with van der Waals surface area (Å²) in [6.45, 7) is -0.481. The third kappa shape index (κ3) is 6.35. The number of nitrogens with two attached hydrogens (primary N) is 2. The molecule has 0 spiro atoms. The highest BCUT2D eigenvalue weighted by atomic mass is 32.2. The molecule has 0 fully saturated rings. The number of amides is 1. The lowest BCUT2D eigenvalue weighted by Gasteiger charge is -2.16. The molecule has 0 aliphatic carbocycles. The maximum atomic E-state index is 12.8. The van der Waals surface area contributed by atoms with Crippen LogP contribution < -0.4 is 21.5 Å². The fourth-order valence-corrected chi connectivity index (χ4v) is 5.46. The van der Waals surface area contributed by atoms with E-state index < -0.39 is 40.6 Å². The van der Waals surface area contributed by atoms with Crippen LogP contribution in [0.3, 0.4) is 0 Å². The monoisotopic (exact) mass is 546 g/mol. The fourth-order valence-electron chi connectivity index (χ4n) is 3.51. The molecular formula is C21H22N8O6S2. The van der Waals surface area contributed by atoms with Gasteiger partial charge >= 0.3 is 5.97 Å². The zero-order chi connectivity index (χ0) is 26.6. The molecule has 14 nitrogen and oxygen atoms in total. The number of aliphatic imine (C=N–C) groups is 1. The van der Waals surface area contributed by atoms with Crippen molar-refractivity contribution < 1.29 is 28.0 Å². The van der Waals surface area contributed by atoms with Gasteiger partial charge in [-0.05, 0) is 29.8 Å². The number of hydrogen-bond donors (Lipinski definition) is 5. The van der Waals surface area contributed by atoms with E-state index in [0.29, 0.717) is 23.3 Å². The summed E-state index contributed by atoms with van der Waals surface area (Å²) in [5.41, 5.74) is 13.2. The third-order valence-electron chi connectivity index (χ3n) is 5.24. The maximum absolute atomic E-state index is 12.8. The summed E-state index contributed by atoms with van der Waals surface area (Å²) in [5.74, 6) is -2.05. The minimum absolute atomic E-state index is 0.0626. The molecule has 1 amide bonds. The van der Waals surface area contributed by atoms with Crippen molar-refractivity contribution in [3.8, 4) is 0 Å². The van der Waals surface area contributed by atoms with Crippen LogP contribution in [0.1, 0.15) is 18.4 Å². The number of hydrogen-bond acceptors (Lipinski definition) is 10. The molecule has 0 saturated carbocycles. The largest absolute Gasteiger partial charge is 0.480 e. The summed E-state index contributed by atoms with van der Waals surface area (Å²) in [5, 5.41) is 16.0. The average Bonchev–Trinajstić information content (AvgIpc) is 3.51. The average molecular weight is 547 g/mol. The van der Waals surface area contributed by atoms with Crippen LogP contribution in [0.15, 0.2) is 57.5 Å². The number of carboxylic acids is 1. The molecule has 7 N–H and O–H groups in total. The standard InChI is InChI=1S/C21H22N8O6S2/c22-21(23)25-12-6-4-11(5-7-12)15-8-13(35-26-15)9-18(30)24-10-16(20(31)32)29-37(33,34)17-3-1-2-14-19(17)28-36-27-14/h1-7,13,16,29H,8-10H2,(H,24,30)(H,31,32)(H4,22,23,25)/t13-,16-/m0/s1. The number of fused-ring (bicyclic) bond motifs is 1. The smallest absolute Gasteiger partial charge is 0.323 e. The summed E-state index contributed by atoms with van der Waals surface area (Å²) in [6.07, 6.45) is -0.334. The predicted molar refractivity (Wildman–Crippen MR) is 135 cm³/mol. The van der Waals surface area contributed by atoms with Crippen LogP contribution in [0.5, 0.6) is 0 Å². The molecule has 1 aliphatic heterocycles. The minimum atomic E-state index is -4.26. The Morgan fingerprint density at radius 2 is 1.95 bits per heavy atom. The third-order valence-corrected chi connectivity index (χ3v) is 7.29. The van der Waals surface area contributed by atoms with Gasteiger partial charge in [-0.25, -0.2) is 13.4 Å². The van der Waals surface area contributed by atoms with Crippen molar-refractivity contribution in [3.63, 3.8) is 0 Å². The first-order valence-corrected chi connectivity index (χ1v) is 13.0. The number of guanidine groups is 1. The van der Waals surface area contributed by atoms with Crippen molar-refractivity contribution >= 4 is 62.0 Å². The number of oxime groups is 1. The van der Waals surface area contributed by atoms with E-state index in [9.17, 15) is 23.1 Å². The van der Waals surface area contributed by atoms with Gasteiger partial charge in [0.05, 0.1) is 29.5 Å². The molecule has 37 heavy (non-hydrogen) atoms. The lowest BCUT2D eigenvalue weighted by molar-refractivity contribution is -0.138. The Bertz CT molecular complexity index is 1480. The van der Waals surface area contributed by atoms with E-state index in [2.05, 4.69) is 28.9 Å². The van der Waals surface area contributed by atoms with E-state index >= 15 is 0 Å². The Balaban J connectivity index is 1.31. The Kier molecular flexibility index (Phi) is 7.61. The van der Waals surface area contributed by atoms with Gasteiger partial charge in [-0.1, -0.05) is 23.4 Å². The molecule has 0 bridgehead atoms. The number of nitrogens with zero attached hydrogens (tertiary/aromatic N) is 4. The number of carbonyl (C=O) groups excluding carboxylic acids is 1. The lowest BCUT2D eigenvalue weighted by atomic mass is 10.0. The molecule has 0 radical (unpaired) electrons. The normalized spacial score (nSPS) is 16.0. The van der Waals surface area contributed by atoms with Gasteiger partial charge < -0.3 is 26.7 Å². The highest BCUT2D eigenvalue weighted by Crippen LogP contribution is 2.22. The number of rotatable bonds is 10. The lowest BCUT2D eigenvalue weighted by Crippen LogP contribution is -2.48. The van der Waals surface area contributed by atoms with E-state index in [1.165, 1.54) is 12.1 Å². The Hall–Kier alpha value is -4.15. The molecule has 4 rings (SSSR count).